The van der Waals surface area contributed by atoms with Gasteiger partial charge in [0.15, 0.2) is 0 Å². The van der Waals surface area contributed by atoms with Crippen molar-refractivity contribution < 1.29 is 9.21 Å². The summed E-state index contributed by atoms with van der Waals surface area (Å²) in [4.78, 5) is 19.2. The van der Waals surface area contributed by atoms with E-state index < -0.39 is 0 Å². The Morgan fingerprint density at radius 2 is 1.70 bits per heavy atom. The molecule has 0 saturated carbocycles. The van der Waals surface area contributed by atoms with E-state index in [2.05, 4.69) is 51.2 Å². The van der Waals surface area contributed by atoms with E-state index in [9.17, 15) is 4.79 Å². The van der Waals surface area contributed by atoms with Crippen LogP contribution in [0.4, 0.5) is 0 Å². The molecule has 3 aromatic carbocycles. The summed E-state index contributed by atoms with van der Waals surface area (Å²) in [6.07, 6.45) is 0. The van der Waals surface area contributed by atoms with Crippen LogP contribution < -0.4 is 0 Å². The van der Waals surface area contributed by atoms with Gasteiger partial charge in [-0.25, -0.2) is 0 Å². The molecule has 0 bridgehead atoms. The molecule has 5 heteroatoms. The van der Waals surface area contributed by atoms with Gasteiger partial charge in [-0.2, -0.15) is 0 Å². The summed E-state index contributed by atoms with van der Waals surface area (Å²) in [6, 6.07) is 28.2. The molecule has 4 nitrogen and oxygen atoms in total. The van der Waals surface area contributed by atoms with Crippen LogP contribution in [0.1, 0.15) is 39.0 Å². The lowest BCUT2D eigenvalue weighted by atomic mass is 9.93. The van der Waals surface area contributed by atoms with Crippen LogP contribution in [-0.4, -0.2) is 15.8 Å². The first kappa shape index (κ1) is 20.1. The number of hydrogen-bond donors (Lipinski definition) is 1. The molecule has 1 aliphatic heterocycles. The van der Waals surface area contributed by atoms with Crippen molar-refractivity contribution in [2.24, 2.45) is 0 Å². The molecule has 0 spiro atoms. The number of halogens is 1. The lowest BCUT2D eigenvalue weighted by Crippen LogP contribution is -2.28. The van der Waals surface area contributed by atoms with Crippen molar-refractivity contribution in [3.05, 3.63) is 118 Å². The molecule has 3 heterocycles. The predicted octanol–water partition coefficient (Wildman–Crippen LogP) is 7.24. The smallest absolute Gasteiger partial charge is 0.255 e. The fourth-order valence-corrected chi connectivity index (χ4v) is 5.14. The molecule has 1 N–H and O–H groups in total. The van der Waals surface area contributed by atoms with Crippen LogP contribution in [0.3, 0.4) is 0 Å². The van der Waals surface area contributed by atoms with Crippen molar-refractivity contribution in [2.75, 3.05) is 0 Å². The minimum absolute atomic E-state index is 0.0247. The zero-order chi connectivity index (χ0) is 22.5. The number of benzene rings is 3. The largest absolute Gasteiger partial charge is 0.464 e. The third-order valence-corrected chi connectivity index (χ3v) is 6.86. The Morgan fingerprint density at radius 3 is 2.48 bits per heavy atom. The summed E-state index contributed by atoms with van der Waals surface area (Å²) in [5, 5.41) is 1.12. The van der Waals surface area contributed by atoms with Gasteiger partial charge >= 0.3 is 0 Å². The van der Waals surface area contributed by atoms with E-state index in [-0.39, 0.29) is 11.9 Å². The maximum absolute atomic E-state index is 13.6. The molecular weight excluding hydrogens is 476 g/mol. The normalized spacial score (nSPS) is 15.4. The van der Waals surface area contributed by atoms with Crippen molar-refractivity contribution in [3.63, 3.8) is 0 Å². The number of aromatic amines is 1. The summed E-state index contributed by atoms with van der Waals surface area (Å²) in [5.41, 5.74) is 6.03. The van der Waals surface area contributed by atoms with Gasteiger partial charge in [-0.1, -0.05) is 64.5 Å². The molecule has 1 amide bonds. The molecule has 2 aromatic heterocycles. The first-order chi connectivity index (χ1) is 16.1. The number of amides is 1. The topological polar surface area (TPSA) is 49.2 Å². The number of nitrogens with one attached hydrogen (secondary N) is 1. The second-order valence-corrected chi connectivity index (χ2v) is 9.32. The van der Waals surface area contributed by atoms with Crippen molar-refractivity contribution in [1.29, 1.82) is 0 Å². The van der Waals surface area contributed by atoms with E-state index in [0.29, 0.717) is 6.54 Å². The molecule has 0 saturated heterocycles. The fourth-order valence-electron chi connectivity index (χ4n) is 4.87. The van der Waals surface area contributed by atoms with Crippen molar-refractivity contribution in [1.82, 2.24) is 9.88 Å². The highest BCUT2D eigenvalue weighted by molar-refractivity contribution is 9.10. The number of fused-ring (bicyclic) bond motifs is 2. The van der Waals surface area contributed by atoms with Gasteiger partial charge in [0.05, 0.1) is 18.3 Å². The van der Waals surface area contributed by atoms with Gasteiger partial charge in [-0.3, -0.25) is 4.79 Å². The Balaban J connectivity index is 1.60. The van der Waals surface area contributed by atoms with Gasteiger partial charge < -0.3 is 14.3 Å². The lowest BCUT2D eigenvalue weighted by molar-refractivity contribution is 0.0723. The molecule has 0 fully saturated rings. The summed E-state index contributed by atoms with van der Waals surface area (Å²) in [6.45, 7) is 2.33. The van der Waals surface area contributed by atoms with Gasteiger partial charge in [-0.05, 0) is 54.4 Å². The molecule has 1 aliphatic rings. The maximum atomic E-state index is 13.6. The number of rotatable bonds is 4. The van der Waals surface area contributed by atoms with Gasteiger partial charge in [0.25, 0.3) is 5.91 Å². The minimum Gasteiger partial charge on any atom is -0.464 e. The van der Waals surface area contributed by atoms with Crippen molar-refractivity contribution in [2.45, 2.75) is 19.5 Å². The van der Waals surface area contributed by atoms with Crippen molar-refractivity contribution >= 4 is 32.7 Å². The maximum Gasteiger partial charge on any atom is 0.255 e. The molecule has 1 atom stereocenters. The minimum atomic E-state index is -0.228. The number of aromatic nitrogens is 1. The Labute approximate surface area is 200 Å². The molecular formula is C28H21BrN2O2. The Kier molecular flexibility index (Phi) is 4.73. The second-order valence-electron chi connectivity index (χ2n) is 8.40. The molecule has 162 valence electrons. The summed E-state index contributed by atoms with van der Waals surface area (Å²) < 4.78 is 6.89. The van der Waals surface area contributed by atoms with Crippen LogP contribution in [0.25, 0.3) is 22.2 Å². The average Bonchev–Trinajstić information content (AvgIpc) is 3.49. The van der Waals surface area contributed by atoms with E-state index in [4.69, 9.17) is 4.42 Å². The van der Waals surface area contributed by atoms with Crippen LogP contribution in [-0.2, 0) is 6.54 Å². The van der Waals surface area contributed by atoms with E-state index >= 15 is 0 Å². The monoisotopic (exact) mass is 496 g/mol. The predicted molar refractivity (Wildman–Crippen MR) is 133 cm³/mol. The van der Waals surface area contributed by atoms with Gasteiger partial charge in [-0.15, -0.1) is 0 Å². The number of carbonyl (C=O) groups is 1. The fraction of sp³-hybridized carbons (Fsp3) is 0.107. The summed E-state index contributed by atoms with van der Waals surface area (Å²) >= 11 is 3.54. The average molecular weight is 497 g/mol. The lowest BCUT2D eigenvalue weighted by Gasteiger charge is -2.26. The third kappa shape index (κ3) is 3.31. The highest BCUT2D eigenvalue weighted by Crippen LogP contribution is 2.46. The summed E-state index contributed by atoms with van der Waals surface area (Å²) in [7, 11) is 0. The number of furan rings is 1. The standard InChI is InChI=1S/C28H21BrN2O2/c1-17-10-15-20(33-17)16-31-27(21-6-2-3-7-22(21)28(31)32)25-23-8-4-5-9-24(23)30-26(25)18-11-13-19(29)14-12-18/h2-15,27,30H,16H2,1H3. The number of hydrogen-bond acceptors (Lipinski definition) is 2. The van der Waals surface area contributed by atoms with E-state index in [0.717, 1.165) is 54.8 Å². The van der Waals surface area contributed by atoms with Gasteiger partial charge in [0.2, 0.25) is 0 Å². The third-order valence-electron chi connectivity index (χ3n) is 6.33. The van der Waals surface area contributed by atoms with Crippen LogP contribution in [0, 0.1) is 6.92 Å². The quantitative estimate of drug-likeness (QED) is 0.285. The molecule has 0 radical (unpaired) electrons. The Bertz CT molecular complexity index is 1500. The van der Waals surface area contributed by atoms with Gasteiger partial charge in [0, 0.05) is 26.5 Å². The second kappa shape index (κ2) is 7.78. The van der Waals surface area contributed by atoms with Crippen LogP contribution in [0.15, 0.2) is 93.8 Å². The van der Waals surface area contributed by atoms with Crippen LogP contribution in [0.2, 0.25) is 0 Å². The van der Waals surface area contributed by atoms with E-state index in [1.54, 1.807) is 0 Å². The number of nitrogens with zero attached hydrogens (tertiary/aromatic N) is 1. The Morgan fingerprint density at radius 1 is 0.939 bits per heavy atom. The Hall–Kier alpha value is -3.57. The zero-order valence-corrected chi connectivity index (χ0v) is 19.6. The molecule has 5 aromatic rings. The number of para-hydroxylation sites is 1. The first-order valence-electron chi connectivity index (χ1n) is 10.9. The van der Waals surface area contributed by atoms with E-state index in [1.165, 1.54) is 0 Å². The van der Waals surface area contributed by atoms with Crippen molar-refractivity contribution in [3.8, 4) is 11.3 Å². The zero-order valence-electron chi connectivity index (χ0n) is 18.0. The first-order valence-corrected chi connectivity index (χ1v) is 11.7. The highest BCUT2D eigenvalue weighted by atomic mass is 79.9. The summed E-state index contributed by atoms with van der Waals surface area (Å²) in [5.74, 6) is 1.65. The van der Waals surface area contributed by atoms with Crippen LogP contribution >= 0.6 is 15.9 Å². The van der Waals surface area contributed by atoms with Gasteiger partial charge in [0.1, 0.15) is 11.5 Å². The SMILES string of the molecule is Cc1ccc(CN2C(=O)c3ccccc3C2c2c(-c3ccc(Br)cc3)[nH]c3ccccc23)o1. The van der Waals surface area contributed by atoms with E-state index in [1.807, 2.05) is 66.4 Å². The molecule has 1 unspecified atom stereocenters. The number of carbonyl (C=O) groups excluding carboxylic acids is 1. The van der Waals surface area contributed by atoms with Crippen LogP contribution in [0.5, 0.6) is 0 Å². The molecule has 0 aliphatic carbocycles. The molecule has 6 rings (SSSR count). The highest BCUT2D eigenvalue weighted by Gasteiger charge is 2.40. The number of H-pyrrole nitrogens is 1. The molecule has 33 heavy (non-hydrogen) atoms. The number of aryl methyl sites for hydroxylation is 1.